The first-order valence-electron chi connectivity index (χ1n) is 10.1. The van der Waals surface area contributed by atoms with Crippen LogP contribution < -0.4 is 4.74 Å². The van der Waals surface area contributed by atoms with Gasteiger partial charge in [-0.1, -0.05) is 29.8 Å². The fourth-order valence-corrected chi connectivity index (χ4v) is 3.29. The highest BCUT2D eigenvalue weighted by Gasteiger charge is 2.36. The summed E-state index contributed by atoms with van der Waals surface area (Å²) in [5.41, 5.74) is 0.267. The fourth-order valence-electron chi connectivity index (χ4n) is 3.29. The molecular formula is C25H24O7. The van der Waals surface area contributed by atoms with E-state index in [1.165, 1.54) is 6.92 Å². The molecule has 7 nitrogen and oxygen atoms in total. The Morgan fingerprint density at radius 3 is 2.25 bits per heavy atom. The van der Waals surface area contributed by atoms with Crippen LogP contribution >= 0.6 is 0 Å². The van der Waals surface area contributed by atoms with Crippen LogP contribution in [-0.2, 0) is 9.53 Å². The summed E-state index contributed by atoms with van der Waals surface area (Å²) in [5, 5.41) is 20.2. The van der Waals surface area contributed by atoms with Gasteiger partial charge in [-0.3, -0.25) is 9.59 Å². The molecule has 7 heteroatoms. The molecule has 3 rings (SSSR count). The smallest absolute Gasteiger partial charge is 0.347 e. The molecule has 0 saturated carbocycles. The molecule has 2 aromatic rings. The van der Waals surface area contributed by atoms with E-state index in [4.69, 9.17) is 9.47 Å². The summed E-state index contributed by atoms with van der Waals surface area (Å²) in [7, 11) is 0. The van der Waals surface area contributed by atoms with Crippen LogP contribution in [0.25, 0.3) is 0 Å². The van der Waals surface area contributed by atoms with Gasteiger partial charge in [0.15, 0.2) is 17.7 Å². The maximum atomic E-state index is 13.1. The van der Waals surface area contributed by atoms with Gasteiger partial charge in [0.05, 0.1) is 11.1 Å². The number of ether oxygens (including phenoxy) is 2. The molecular weight excluding hydrogens is 412 g/mol. The summed E-state index contributed by atoms with van der Waals surface area (Å²) in [6, 6.07) is 11.0. The second-order valence-electron chi connectivity index (χ2n) is 7.66. The topological polar surface area (TPSA) is 110 Å². The van der Waals surface area contributed by atoms with Crippen LogP contribution in [0.1, 0.15) is 47.9 Å². The van der Waals surface area contributed by atoms with E-state index in [0.29, 0.717) is 5.75 Å². The monoisotopic (exact) mass is 436 g/mol. The molecule has 0 saturated heterocycles. The number of Topliss-reactive ketones (excluding diaryl/α,β-unsaturated/α-hetero) is 1. The van der Waals surface area contributed by atoms with Crippen LogP contribution in [-0.4, -0.2) is 40.0 Å². The van der Waals surface area contributed by atoms with Gasteiger partial charge in [-0.15, -0.1) is 0 Å². The summed E-state index contributed by atoms with van der Waals surface area (Å²) >= 11 is 0. The molecule has 2 aromatic carbocycles. The van der Waals surface area contributed by atoms with E-state index in [2.05, 4.69) is 0 Å². The number of esters is 1. The Morgan fingerprint density at radius 1 is 1.00 bits per heavy atom. The van der Waals surface area contributed by atoms with Gasteiger partial charge in [0.1, 0.15) is 23.4 Å². The third-order valence-electron chi connectivity index (χ3n) is 4.92. The van der Waals surface area contributed by atoms with Gasteiger partial charge in [-0.2, -0.15) is 0 Å². The summed E-state index contributed by atoms with van der Waals surface area (Å²) in [5.74, 6) is -2.42. The van der Waals surface area contributed by atoms with Crippen LogP contribution in [0.4, 0.5) is 0 Å². The van der Waals surface area contributed by atoms with Crippen molar-refractivity contribution in [1.82, 2.24) is 0 Å². The fraction of sp³-hybridized carbons (Fsp3) is 0.240. The number of rotatable bonds is 7. The van der Waals surface area contributed by atoms with Gasteiger partial charge in [0.25, 0.3) is 0 Å². The molecule has 0 radical (unpaired) electrons. The number of phenolic OH excluding ortho intramolecular Hbond substituents is 2. The zero-order valence-electron chi connectivity index (χ0n) is 18.0. The van der Waals surface area contributed by atoms with E-state index in [9.17, 15) is 24.6 Å². The molecule has 0 aliphatic heterocycles. The standard InChI is InChI=1S/C25H24O7/c1-14(2)9-12-21(32-25(30)15(3)31-16-7-5-4-6-8-16)17-13-20(28)22-18(26)10-11-19(27)23(22)24(17)29/h4-11,13,15,21,26-27H,12H2,1-3H3/t15?,21-/m1/s1. The Morgan fingerprint density at radius 2 is 1.62 bits per heavy atom. The van der Waals surface area contributed by atoms with Crippen molar-refractivity contribution in [2.45, 2.75) is 39.4 Å². The zero-order valence-corrected chi connectivity index (χ0v) is 18.0. The SMILES string of the molecule is CC(C)=CC[C@@H](OC(=O)C(C)Oc1ccccc1)C1=CC(=O)c2c(O)ccc(O)c2C1=O. The quantitative estimate of drug-likeness (QED) is 0.381. The molecule has 0 spiro atoms. The van der Waals surface area contributed by atoms with Crippen LogP contribution in [0.2, 0.25) is 0 Å². The summed E-state index contributed by atoms with van der Waals surface area (Å²) in [6.07, 6.45) is 0.920. The Labute approximate surface area is 185 Å². The first kappa shape index (κ1) is 22.8. The molecule has 0 fully saturated rings. The molecule has 32 heavy (non-hydrogen) atoms. The second-order valence-corrected chi connectivity index (χ2v) is 7.66. The minimum absolute atomic E-state index is 0.0823. The maximum absolute atomic E-state index is 13.1. The van der Waals surface area contributed by atoms with Crippen LogP contribution in [0, 0.1) is 0 Å². The van der Waals surface area contributed by atoms with E-state index < -0.39 is 41.2 Å². The van der Waals surface area contributed by atoms with Gasteiger partial charge >= 0.3 is 5.97 Å². The summed E-state index contributed by atoms with van der Waals surface area (Å²) in [4.78, 5) is 38.5. The summed E-state index contributed by atoms with van der Waals surface area (Å²) in [6.45, 7) is 5.22. The molecule has 0 heterocycles. The highest BCUT2D eigenvalue weighted by atomic mass is 16.6. The Balaban J connectivity index is 1.89. The average molecular weight is 436 g/mol. The van der Waals surface area contributed by atoms with Crippen molar-refractivity contribution in [1.29, 1.82) is 0 Å². The molecule has 0 aromatic heterocycles. The molecule has 2 N–H and O–H groups in total. The van der Waals surface area contributed by atoms with Gasteiger partial charge in [-0.05, 0) is 51.1 Å². The Kier molecular flexibility index (Phi) is 6.78. The lowest BCUT2D eigenvalue weighted by molar-refractivity contribution is -0.154. The Bertz CT molecular complexity index is 1110. The predicted octanol–water partition coefficient (Wildman–Crippen LogP) is 4.14. The van der Waals surface area contributed by atoms with Crippen LogP contribution in [0.3, 0.4) is 0 Å². The molecule has 0 amide bonds. The lowest BCUT2D eigenvalue weighted by Gasteiger charge is -2.25. The van der Waals surface area contributed by atoms with Gasteiger partial charge in [0.2, 0.25) is 0 Å². The number of aromatic hydroxyl groups is 2. The van der Waals surface area contributed by atoms with Crippen molar-refractivity contribution < 1.29 is 34.1 Å². The maximum Gasteiger partial charge on any atom is 0.347 e. The first-order chi connectivity index (χ1) is 15.2. The number of para-hydroxylation sites is 1. The van der Waals surface area contributed by atoms with Gasteiger partial charge in [0, 0.05) is 12.0 Å². The van der Waals surface area contributed by atoms with Gasteiger partial charge < -0.3 is 19.7 Å². The van der Waals surface area contributed by atoms with Gasteiger partial charge in [-0.25, -0.2) is 4.79 Å². The van der Waals surface area contributed by atoms with Crippen molar-refractivity contribution in [2.24, 2.45) is 0 Å². The van der Waals surface area contributed by atoms with Crippen molar-refractivity contribution in [3.05, 3.63) is 76.9 Å². The summed E-state index contributed by atoms with van der Waals surface area (Å²) < 4.78 is 11.2. The molecule has 1 aliphatic carbocycles. The predicted molar refractivity (Wildman–Crippen MR) is 117 cm³/mol. The molecule has 0 bridgehead atoms. The first-order valence-corrected chi connectivity index (χ1v) is 10.1. The number of hydrogen-bond acceptors (Lipinski definition) is 7. The second kappa shape index (κ2) is 9.51. The minimum Gasteiger partial charge on any atom is -0.507 e. The number of ketones is 2. The largest absolute Gasteiger partial charge is 0.507 e. The van der Waals surface area contributed by atoms with Crippen molar-refractivity contribution >= 4 is 17.5 Å². The average Bonchev–Trinajstić information content (AvgIpc) is 2.75. The van der Waals surface area contributed by atoms with Crippen molar-refractivity contribution in [2.75, 3.05) is 0 Å². The number of hydrogen-bond donors (Lipinski definition) is 2. The molecule has 1 unspecified atom stereocenters. The third-order valence-corrected chi connectivity index (χ3v) is 4.92. The van der Waals surface area contributed by atoms with Crippen molar-refractivity contribution in [3.63, 3.8) is 0 Å². The van der Waals surface area contributed by atoms with E-state index >= 15 is 0 Å². The zero-order chi connectivity index (χ0) is 23.4. The number of phenols is 2. The molecule has 1 aliphatic rings. The van der Waals surface area contributed by atoms with Crippen molar-refractivity contribution in [3.8, 4) is 17.2 Å². The molecule has 2 atom stereocenters. The van der Waals surface area contributed by atoms with E-state index in [1.54, 1.807) is 30.3 Å². The normalized spacial score (nSPS) is 14.7. The third kappa shape index (κ3) is 4.88. The number of fused-ring (bicyclic) bond motifs is 1. The molecule has 166 valence electrons. The lowest BCUT2D eigenvalue weighted by Crippen LogP contribution is -2.34. The highest BCUT2D eigenvalue weighted by Crippen LogP contribution is 2.36. The van der Waals surface area contributed by atoms with Crippen LogP contribution in [0.15, 0.2) is 65.8 Å². The number of carbonyl (C=O) groups excluding carboxylic acids is 3. The number of carbonyl (C=O) groups is 3. The number of allylic oxidation sites excluding steroid dienone is 2. The highest BCUT2D eigenvalue weighted by molar-refractivity contribution is 6.27. The Hall–Kier alpha value is -3.87. The van der Waals surface area contributed by atoms with Crippen LogP contribution in [0.5, 0.6) is 17.2 Å². The van der Waals surface area contributed by atoms with E-state index in [0.717, 1.165) is 23.8 Å². The minimum atomic E-state index is -1.08. The lowest BCUT2D eigenvalue weighted by atomic mass is 9.85. The van der Waals surface area contributed by atoms with E-state index in [1.807, 2.05) is 19.9 Å². The number of benzene rings is 2. The van der Waals surface area contributed by atoms with E-state index in [-0.39, 0.29) is 23.1 Å².